The van der Waals surface area contributed by atoms with E-state index >= 15 is 0 Å². The molecule has 2 aliphatic rings. The van der Waals surface area contributed by atoms with E-state index in [0.717, 1.165) is 51.6 Å². The number of rotatable bonds is 6. The van der Waals surface area contributed by atoms with E-state index in [4.69, 9.17) is 4.74 Å². The van der Waals surface area contributed by atoms with E-state index < -0.39 is 10.9 Å². The van der Waals surface area contributed by atoms with Crippen LogP contribution in [0.5, 0.6) is 0 Å². The van der Waals surface area contributed by atoms with Crippen molar-refractivity contribution in [1.29, 1.82) is 0 Å². The summed E-state index contributed by atoms with van der Waals surface area (Å²) < 4.78 is 5.10. The Labute approximate surface area is 170 Å². The smallest absolute Gasteiger partial charge is 0.338 e. The first kappa shape index (κ1) is 21.1. The zero-order chi connectivity index (χ0) is 20.8. The normalized spacial score (nSPS) is 22.0. The molecule has 2 fully saturated rings. The average Bonchev–Trinajstić information content (AvgIpc) is 2.74. The number of carbonyl (C=O) groups is 2. The van der Waals surface area contributed by atoms with E-state index in [9.17, 15) is 19.7 Å². The average molecular weight is 403 g/mol. The van der Waals surface area contributed by atoms with Gasteiger partial charge in [0.25, 0.3) is 11.6 Å². The summed E-state index contributed by atoms with van der Waals surface area (Å²) in [4.78, 5) is 37.5. The summed E-state index contributed by atoms with van der Waals surface area (Å²) in [6, 6.07) is 4.48. The number of anilines is 1. The van der Waals surface area contributed by atoms with Crippen molar-refractivity contribution < 1.29 is 19.2 Å². The molecule has 0 bridgehead atoms. The molecule has 8 nitrogen and oxygen atoms in total. The summed E-state index contributed by atoms with van der Waals surface area (Å²) in [6.45, 7) is 3.26. The Morgan fingerprint density at radius 3 is 2.59 bits per heavy atom. The Morgan fingerprint density at radius 2 is 1.90 bits per heavy atom. The third-order valence-electron chi connectivity index (χ3n) is 5.90. The van der Waals surface area contributed by atoms with Gasteiger partial charge < -0.3 is 15.0 Å². The molecule has 8 heteroatoms. The molecule has 29 heavy (non-hydrogen) atoms. The zero-order valence-electron chi connectivity index (χ0n) is 16.9. The van der Waals surface area contributed by atoms with Gasteiger partial charge in [-0.3, -0.25) is 14.9 Å². The number of hydrogen-bond donors (Lipinski definition) is 1. The van der Waals surface area contributed by atoms with Crippen molar-refractivity contribution in [3.05, 3.63) is 33.9 Å². The highest BCUT2D eigenvalue weighted by atomic mass is 16.6. The molecule has 158 valence electrons. The Kier molecular flexibility index (Phi) is 7.06. The molecule has 3 rings (SSSR count). The lowest BCUT2D eigenvalue weighted by molar-refractivity contribution is -0.384. The fourth-order valence-corrected chi connectivity index (χ4v) is 4.19. The number of esters is 1. The van der Waals surface area contributed by atoms with Crippen molar-refractivity contribution >= 4 is 23.3 Å². The minimum absolute atomic E-state index is 0.0799. The second-order valence-electron chi connectivity index (χ2n) is 8.02. The summed E-state index contributed by atoms with van der Waals surface area (Å²) in [5.41, 5.74) is 0.494. The monoisotopic (exact) mass is 403 g/mol. The maximum atomic E-state index is 12.3. The van der Waals surface area contributed by atoms with Crippen LogP contribution in [0.15, 0.2) is 18.2 Å². The number of nitrogens with one attached hydrogen (secondary N) is 1. The third kappa shape index (κ3) is 5.46. The molecule has 1 aliphatic heterocycles. The fourth-order valence-electron chi connectivity index (χ4n) is 4.19. The van der Waals surface area contributed by atoms with Crippen molar-refractivity contribution in [1.82, 2.24) is 5.32 Å². The molecule has 2 atom stereocenters. The Morgan fingerprint density at radius 1 is 1.17 bits per heavy atom. The van der Waals surface area contributed by atoms with Crippen molar-refractivity contribution in [3.8, 4) is 0 Å². The van der Waals surface area contributed by atoms with Gasteiger partial charge in [-0.1, -0.05) is 19.8 Å². The second-order valence-corrected chi connectivity index (χ2v) is 8.02. The van der Waals surface area contributed by atoms with Gasteiger partial charge in [0.15, 0.2) is 6.61 Å². The van der Waals surface area contributed by atoms with Crippen LogP contribution < -0.4 is 10.2 Å². The maximum Gasteiger partial charge on any atom is 0.338 e. The number of benzene rings is 1. The number of nitro benzene ring substituents is 1. The summed E-state index contributed by atoms with van der Waals surface area (Å²) in [5.74, 6) is -0.657. The van der Waals surface area contributed by atoms with Crippen LogP contribution in [-0.2, 0) is 9.53 Å². The van der Waals surface area contributed by atoms with Crippen LogP contribution >= 0.6 is 0 Å². The first-order valence-electron chi connectivity index (χ1n) is 10.5. The van der Waals surface area contributed by atoms with Crippen molar-refractivity contribution in [2.75, 3.05) is 24.6 Å². The molecular weight excluding hydrogens is 374 g/mol. The van der Waals surface area contributed by atoms with Crippen LogP contribution in [0, 0.1) is 16.0 Å². The first-order chi connectivity index (χ1) is 14.0. The van der Waals surface area contributed by atoms with Crippen molar-refractivity contribution in [2.45, 2.75) is 57.9 Å². The molecule has 1 N–H and O–H groups in total. The number of amides is 1. The third-order valence-corrected chi connectivity index (χ3v) is 5.90. The van der Waals surface area contributed by atoms with E-state index in [2.05, 4.69) is 12.2 Å². The highest BCUT2D eigenvalue weighted by molar-refractivity contribution is 5.93. The summed E-state index contributed by atoms with van der Waals surface area (Å²) >= 11 is 0. The van der Waals surface area contributed by atoms with Gasteiger partial charge in [-0.05, 0) is 50.2 Å². The molecule has 1 saturated carbocycles. The van der Waals surface area contributed by atoms with Gasteiger partial charge in [0.2, 0.25) is 0 Å². The predicted molar refractivity (Wildman–Crippen MR) is 109 cm³/mol. The molecule has 2 unspecified atom stereocenters. The van der Waals surface area contributed by atoms with Crippen LogP contribution in [0.3, 0.4) is 0 Å². The Bertz CT molecular complexity index is 761. The number of hydrogen-bond acceptors (Lipinski definition) is 6. The van der Waals surface area contributed by atoms with Gasteiger partial charge >= 0.3 is 5.97 Å². The minimum Gasteiger partial charge on any atom is -0.452 e. The number of nitro groups is 1. The molecule has 1 heterocycles. The Hall–Kier alpha value is -2.64. The SMILES string of the molecule is CC1CCCCC1NC(=O)COC(=O)c1ccc(N2CCCCC2)c([N+](=O)[O-])c1. The zero-order valence-corrected chi connectivity index (χ0v) is 16.9. The summed E-state index contributed by atoms with van der Waals surface area (Å²) in [6.07, 6.45) is 7.39. The van der Waals surface area contributed by atoms with E-state index in [-0.39, 0.29) is 29.8 Å². The molecule has 0 spiro atoms. The van der Waals surface area contributed by atoms with Crippen LogP contribution in [0.4, 0.5) is 11.4 Å². The standard InChI is InChI=1S/C21H29N3O5/c1-15-7-3-4-8-17(15)22-20(25)14-29-21(26)16-9-10-18(19(13-16)24(27)28)23-11-5-2-6-12-23/h9-10,13,15,17H,2-8,11-12,14H2,1H3,(H,22,25). The molecule has 1 aliphatic carbocycles. The molecule has 1 saturated heterocycles. The molecule has 0 radical (unpaired) electrons. The Balaban J connectivity index is 1.60. The van der Waals surface area contributed by atoms with Crippen LogP contribution in [0.1, 0.15) is 62.2 Å². The largest absolute Gasteiger partial charge is 0.452 e. The van der Waals surface area contributed by atoms with E-state index in [1.54, 1.807) is 6.07 Å². The molecular formula is C21H29N3O5. The van der Waals surface area contributed by atoms with Crippen LogP contribution in [0.25, 0.3) is 0 Å². The second kappa shape index (κ2) is 9.71. The lowest BCUT2D eigenvalue weighted by atomic mass is 9.86. The summed E-state index contributed by atoms with van der Waals surface area (Å²) in [5, 5.41) is 14.4. The van der Waals surface area contributed by atoms with Gasteiger partial charge in [-0.2, -0.15) is 0 Å². The lowest BCUT2D eigenvalue weighted by Gasteiger charge is -2.29. The molecule has 0 aromatic heterocycles. The topological polar surface area (TPSA) is 102 Å². The maximum absolute atomic E-state index is 12.3. The highest BCUT2D eigenvalue weighted by Gasteiger charge is 2.25. The fraction of sp³-hybridized carbons (Fsp3) is 0.619. The number of piperidine rings is 1. The van der Waals surface area contributed by atoms with Gasteiger partial charge in [0, 0.05) is 25.2 Å². The molecule has 1 amide bonds. The minimum atomic E-state index is -0.731. The number of nitrogens with zero attached hydrogens (tertiary/aromatic N) is 2. The van der Waals surface area contributed by atoms with Gasteiger partial charge in [-0.15, -0.1) is 0 Å². The number of carbonyl (C=O) groups excluding carboxylic acids is 2. The molecule has 1 aromatic rings. The van der Waals surface area contributed by atoms with Gasteiger partial charge in [-0.25, -0.2) is 4.79 Å². The van der Waals surface area contributed by atoms with E-state index in [1.165, 1.54) is 18.6 Å². The summed E-state index contributed by atoms with van der Waals surface area (Å²) in [7, 11) is 0. The lowest BCUT2D eigenvalue weighted by Crippen LogP contribution is -2.42. The van der Waals surface area contributed by atoms with Gasteiger partial charge in [0.05, 0.1) is 10.5 Å². The number of ether oxygens (including phenoxy) is 1. The highest BCUT2D eigenvalue weighted by Crippen LogP contribution is 2.31. The van der Waals surface area contributed by atoms with E-state index in [0.29, 0.717) is 11.6 Å². The molecule has 1 aromatic carbocycles. The van der Waals surface area contributed by atoms with Crippen LogP contribution in [-0.4, -0.2) is 42.5 Å². The quantitative estimate of drug-likeness (QED) is 0.443. The van der Waals surface area contributed by atoms with Gasteiger partial charge in [0.1, 0.15) is 5.69 Å². The van der Waals surface area contributed by atoms with Crippen molar-refractivity contribution in [2.24, 2.45) is 5.92 Å². The van der Waals surface area contributed by atoms with Crippen LogP contribution in [0.2, 0.25) is 0 Å². The first-order valence-corrected chi connectivity index (χ1v) is 10.5. The van der Waals surface area contributed by atoms with Crippen molar-refractivity contribution in [3.63, 3.8) is 0 Å². The predicted octanol–water partition coefficient (Wildman–Crippen LogP) is 3.44. The van der Waals surface area contributed by atoms with E-state index in [1.807, 2.05) is 4.90 Å².